The van der Waals surface area contributed by atoms with Crippen molar-refractivity contribution in [2.24, 2.45) is 4.99 Å². The van der Waals surface area contributed by atoms with Crippen molar-refractivity contribution in [1.82, 2.24) is 15.1 Å². The molecule has 1 amide bonds. The van der Waals surface area contributed by atoms with Gasteiger partial charge in [0.1, 0.15) is 0 Å². The number of hydrogen-bond donors (Lipinski definition) is 1. The molecular formula is C19H31N5OS. The van der Waals surface area contributed by atoms with E-state index in [4.69, 9.17) is 0 Å². The molecule has 6 nitrogen and oxygen atoms in total. The molecule has 2 aliphatic rings. The topological polar surface area (TPSA) is 51.2 Å². The standard InChI is InChI=1S/C19H31N5OS/c1-3-16(24-10-4-6-17(24)25)8-9-21-19(20-2)23-13-11-22(12-14-23)18-7-5-15-26-18/h5,7,15-16H,3-4,6,8-14H2,1-2H3,(H,20,21). The van der Waals surface area contributed by atoms with E-state index in [9.17, 15) is 4.79 Å². The van der Waals surface area contributed by atoms with Gasteiger partial charge in [-0.25, -0.2) is 0 Å². The zero-order valence-electron chi connectivity index (χ0n) is 16.0. The van der Waals surface area contributed by atoms with Gasteiger partial charge in [0.2, 0.25) is 5.91 Å². The quantitative estimate of drug-likeness (QED) is 0.610. The molecule has 0 aromatic carbocycles. The SMILES string of the molecule is CCC(CCNC(=NC)N1CCN(c2cccs2)CC1)N1CCCC1=O. The molecule has 1 aromatic heterocycles. The Kier molecular flexibility index (Phi) is 6.77. The van der Waals surface area contributed by atoms with Gasteiger partial charge in [-0.05, 0) is 36.8 Å². The Balaban J connectivity index is 1.44. The zero-order valence-corrected chi connectivity index (χ0v) is 16.8. The van der Waals surface area contributed by atoms with Gasteiger partial charge in [0.25, 0.3) is 0 Å². The number of piperazine rings is 1. The summed E-state index contributed by atoms with van der Waals surface area (Å²) in [6.07, 6.45) is 3.74. The lowest BCUT2D eigenvalue weighted by Gasteiger charge is -2.37. The Morgan fingerprint density at radius 1 is 1.31 bits per heavy atom. The van der Waals surface area contributed by atoms with Crippen molar-refractivity contribution in [3.05, 3.63) is 17.5 Å². The van der Waals surface area contributed by atoms with Gasteiger partial charge < -0.3 is 20.0 Å². The third-order valence-corrected chi connectivity index (χ3v) is 6.32. The summed E-state index contributed by atoms with van der Waals surface area (Å²) in [6, 6.07) is 4.66. The number of aliphatic imine (C=N–C) groups is 1. The zero-order chi connectivity index (χ0) is 18.4. The minimum absolute atomic E-state index is 0.325. The van der Waals surface area contributed by atoms with Crippen LogP contribution in [0.5, 0.6) is 0 Å². The second-order valence-electron chi connectivity index (χ2n) is 6.94. The number of likely N-dealkylation sites (tertiary alicyclic amines) is 1. The molecule has 7 heteroatoms. The molecule has 144 valence electrons. The number of nitrogens with one attached hydrogen (secondary N) is 1. The van der Waals surface area contributed by atoms with Crippen LogP contribution in [0.25, 0.3) is 0 Å². The molecule has 1 aromatic rings. The van der Waals surface area contributed by atoms with Crippen molar-refractivity contribution < 1.29 is 4.79 Å². The van der Waals surface area contributed by atoms with E-state index >= 15 is 0 Å². The van der Waals surface area contributed by atoms with Crippen molar-refractivity contribution in [1.29, 1.82) is 0 Å². The Labute approximate surface area is 160 Å². The summed E-state index contributed by atoms with van der Waals surface area (Å²) in [6.45, 7) is 7.99. The van der Waals surface area contributed by atoms with E-state index in [-0.39, 0.29) is 0 Å². The van der Waals surface area contributed by atoms with E-state index in [2.05, 4.69) is 49.4 Å². The van der Waals surface area contributed by atoms with Crippen LogP contribution in [0.3, 0.4) is 0 Å². The van der Waals surface area contributed by atoms with Crippen molar-refractivity contribution >= 4 is 28.2 Å². The molecule has 1 unspecified atom stereocenters. The van der Waals surface area contributed by atoms with E-state index in [0.717, 1.165) is 70.9 Å². The minimum atomic E-state index is 0.325. The predicted molar refractivity (Wildman–Crippen MR) is 109 cm³/mol. The highest BCUT2D eigenvalue weighted by Gasteiger charge is 2.26. The van der Waals surface area contributed by atoms with Gasteiger partial charge in [0.05, 0.1) is 5.00 Å². The smallest absolute Gasteiger partial charge is 0.222 e. The van der Waals surface area contributed by atoms with Crippen molar-refractivity contribution in [2.45, 2.75) is 38.6 Å². The third-order valence-electron chi connectivity index (χ3n) is 5.39. The molecule has 0 spiro atoms. The van der Waals surface area contributed by atoms with Crippen LogP contribution >= 0.6 is 11.3 Å². The summed E-state index contributed by atoms with van der Waals surface area (Å²) in [4.78, 5) is 23.3. The highest BCUT2D eigenvalue weighted by molar-refractivity contribution is 7.14. The fourth-order valence-corrected chi connectivity index (χ4v) is 4.69. The first-order valence-electron chi connectivity index (χ1n) is 9.76. The predicted octanol–water partition coefficient (Wildman–Crippen LogP) is 2.24. The first-order valence-corrected chi connectivity index (χ1v) is 10.6. The third kappa shape index (κ3) is 4.50. The lowest BCUT2D eigenvalue weighted by molar-refractivity contribution is -0.129. The number of thiophene rings is 1. The summed E-state index contributed by atoms with van der Waals surface area (Å²) in [5, 5.41) is 7.01. The summed E-state index contributed by atoms with van der Waals surface area (Å²) >= 11 is 1.81. The summed E-state index contributed by atoms with van der Waals surface area (Å²) in [5.41, 5.74) is 0. The Morgan fingerprint density at radius 2 is 2.12 bits per heavy atom. The number of guanidine groups is 1. The maximum Gasteiger partial charge on any atom is 0.222 e. The van der Waals surface area contributed by atoms with Gasteiger partial charge in [0, 0.05) is 58.8 Å². The molecule has 2 aliphatic heterocycles. The Morgan fingerprint density at radius 3 is 2.69 bits per heavy atom. The lowest BCUT2D eigenvalue weighted by Crippen LogP contribution is -2.53. The molecule has 3 heterocycles. The van der Waals surface area contributed by atoms with Crippen molar-refractivity contribution in [3.8, 4) is 0 Å². The number of carbonyl (C=O) groups is 1. The number of amides is 1. The molecule has 26 heavy (non-hydrogen) atoms. The maximum atomic E-state index is 12.0. The highest BCUT2D eigenvalue weighted by Crippen LogP contribution is 2.22. The first kappa shape index (κ1) is 19.0. The fourth-order valence-electron chi connectivity index (χ4n) is 3.91. The maximum absolute atomic E-state index is 12.0. The minimum Gasteiger partial charge on any atom is -0.360 e. The first-order chi connectivity index (χ1) is 12.7. The van der Waals surface area contributed by atoms with Crippen molar-refractivity contribution in [3.63, 3.8) is 0 Å². The average molecular weight is 378 g/mol. The Hall–Kier alpha value is -1.76. The van der Waals surface area contributed by atoms with Crippen LogP contribution in [0.1, 0.15) is 32.6 Å². The molecule has 1 atom stereocenters. The number of carbonyl (C=O) groups excluding carboxylic acids is 1. The highest BCUT2D eigenvalue weighted by atomic mass is 32.1. The normalized spacial score (nSPS) is 20.0. The van der Waals surface area contributed by atoms with Crippen LogP contribution < -0.4 is 10.2 Å². The second-order valence-corrected chi connectivity index (χ2v) is 7.87. The number of hydrogen-bond acceptors (Lipinski definition) is 4. The van der Waals surface area contributed by atoms with Crippen LogP contribution in [0.15, 0.2) is 22.5 Å². The summed E-state index contributed by atoms with van der Waals surface area (Å²) in [5.74, 6) is 1.31. The van der Waals surface area contributed by atoms with Gasteiger partial charge in [0.15, 0.2) is 5.96 Å². The largest absolute Gasteiger partial charge is 0.360 e. The van der Waals surface area contributed by atoms with Crippen LogP contribution in [-0.4, -0.2) is 74.0 Å². The van der Waals surface area contributed by atoms with E-state index in [1.54, 1.807) is 11.3 Å². The summed E-state index contributed by atoms with van der Waals surface area (Å²) in [7, 11) is 1.86. The van der Waals surface area contributed by atoms with Crippen molar-refractivity contribution in [2.75, 3.05) is 51.2 Å². The molecule has 1 N–H and O–H groups in total. The molecule has 3 rings (SSSR count). The van der Waals surface area contributed by atoms with Crippen LogP contribution in [0.4, 0.5) is 5.00 Å². The number of rotatable bonds is 6. The molecule has 2 saturated heterocycles. The number of nitrogens with zero attached hydrogens (tertiary/aromatic N) is 4. The molecular weight excluding hydrogens is 346 g/mol. The van der Waals surface area contributed by atoms with Gasteiger partial charge in [-0.15, -0.1) is 11.3 Å². The van der Waals surface area contributed by atoms with Crippen LogP contribution in [0, 0.1) is 0 Å². The van der Waals surface area contributed by atoms with E-state index < -0.39 is 0 Å². The van der Waals surface area contributed by atoms with Crippen LogP contribution in [-0.2, 0) is 4.79 Å². The second kappa shape index (κ2) is 9.26. The van der Waals surface area contributed by atoms with Gasteiger partial charge in [-0.1, -0.05) is 6.92 Å². The fraction of sp³-hybridized carbons (Fsp3) is 0.684. The lowest BCUT2D eigenvalue weighted by atomic mass is 10.1. The van der Waals surface area contributed by atoms with E-state index in [0.29, 0.717) is 11.9 Å². The molecule has 0 aliphatic carbocycles. The van der Waals surface area contributed by atoms with Gasteiger partial charge in [-0.3, -0.25) is 9.79 Å². The summed E-state index contributed by atoms with van der Waals surface area (Å²) < 4.78 is 0. The van der Waals surface area contributed by atoms with Gasteiger partial charge in [-0.2, -0.15) is 0 Å². The molecule has 2 fully saturated rings. The average Bonchev–Trinajstić information content (AvgIpc) is 3.34. The monoisotopic (exact) mass is 377 g/mol. The van der Waals surface area contributed by atoms with Crippen LogP contribution in [0.2, 0.25) is 0 Å². The van der Waals surface area contributed by atoms with Gasteiger partial charge >= 0.3 is 0 Å². The Bertz CT molecular complexity index is 595. The van der Waals surface area contributed by atoms with E-state index in [1.807, 2.05) is 7.05 Å². The number of anilines is 1. The van der Waals surface area contributed by atoms with E-state index in [1.165, 1.54) is 5.00 Å². The molecule has 0 saturated carbocycles. The molecule has 0 bridgehead atoms. The molecule has 0 radical (unpaired) electrons.